The molecule has 0 aliphatic carbocycles. The fourth-order valence-corrected chi connectivity index (χ4v) is 3.79. The number of amides is 1. The highest BCUT2D eigenvalue weighted by Gasteiger charge is 2.26. The highest BCUT2D eigenvalue weighted by Crippen LogP contribution is 2.36. The van der Waals surface area contributed by atoms with E-state index in [2.05, 4.69) is 4.72 Å². The molecule has 8 heteroatoms. The molecule has 0 aromatic heterocycles. The molecule has 2 aromatic rings. The van der Waals surface area contributed by atoms with E-state index in [1.165, 1.54) is 24.3 Å². The Morgan fingerprint density at radius 2 is 1.77 bits per heavy atom. The van der Waals surface area contributed by atoms with Crippen LogP contribution in [-0.2, 0) is 15.4 Å². The van der Waals surface area contributed by atoms with Gasteiger partial charge in [-0.2, -0.15) is 0 Å². The van der Waals surface area contributed by atoms with Crippen LogP contribution in [0, 0.1) is 0 Å². The van der Waals surface area contributed by atoms with Crippen LogP contribution in [-0.4, -0.2) is 27.7 Å². The lowest BCUT2D eigenvalue weighted by atomic mass is 9.85. The molecule has 0 fully saturated rings. The number of hydrogen-bond donors (Lipinski definition) is 2. The Hall–Kier alpha value is -2.58. The van der Waals surface area contributed by atoms with Crippen LogP contribution in [0.2, 0.25) is 0 Å². The minimum absolute atomic E-state index is 0.0731. The number of fused-ring (bicyclic) bond motifs is 1. The molecule has 0 saturated carbocycles. The van der Waals surface area contributed by atoms with Gasteiger partial charge in [-0.3, -0.25) is 4.79 Å². The van der Waals surface area contributed by atoms with Crippen LogP contribution in [0.1, 0.15) is 29.8 Å². The summed E-state index contributed by atoms with van der Waals surface area (Å²) in [7, 11) is -3.71. The van der Waals surface area contributed by atoms with Crippen molar-refractivity contribution in [3.63, 3.8) is 0 Å². The number of ether oxygens (including phenoxy) is 2. The van der Waals surface area contributed by atoms with Crippen molar-refractivity contribution in [1.29, 1.82) is 0 Å². The van der Waals surface area contributed by atoms with E-state index in [0.29, 0.717) is 11.5 Å². The van der Waals surface area contributed by atoms with Gasteiger partial charge in [0.15, 0.2) is 11.5 Å². The van der Waals surface area contributed by atoms with Gasteiger partial charge in [0.1, 0.15) is 0 Å². The molecule has 26 heavy (non-hydrogen) atoms. The second-order valence-corrected chi connectivity index (χ2v) is 8.43. The number of rotatable bonds is 6. The monoisotopic (exact) mass is 376 g/mol. The number of primary amides is 1. The molecule has 0 radical (unpaired) electrons. The summed E-state index contributed by atoms with van der Waals surface area (Å²) >= 11 is 0. The number of carbonyl (C=O) groups excluding carboxylic acids is 1. The first-order chi connectivity index (χ1) is 12.2. The van der Waals surface area contributed by atoms with E-state index < -0.39 is 21.3 Å². The SMILES string of the molecule is CC(C)(CNS(=O)(=O)c1ccc(C(N)=O)cc1)c1ccc2c(c1)OCO2. The Bertz CT molecular complexity index is 937. The molecule has 3 rings (SSSR count). The second-order valence-electron chi connectivity index (χ2n) is 6.67. The van der Waals surface area contributed by atoms with Crippen molar-refractivity contribution < 1.29 is 22.7 Å². The number of carbonyl (C=O) groups is 1. The molecular weight excluding hydrogens is 356 g/mol. The van der Waals surface area contributed by atoms with E-state index in [9.17, 15) is 13.2 Å². The van der Waals surface area contributed by atoms with Crippen LogP contribution in [0.15, 0.2) is 47.4 Å². The van der Waals surface area contributed by atoms with Crippen molar-refractivity contribution in [3.8, 4) is 11.5 Å². The summed E-state index contributed by atoms with van der Waals surface area (Å²) in [5.41, 5.74) is 5.88. The third-order valence-electron chi connectivity index (χ3n) is 4.31. The maximum Gasteiger partial charge on any atom is 0.248 e. The first-order valence-corrected chi connectivity index (χ1v) is 9.47. The fourth-order valence-electron chi connectivity index (χ4n) is 2.58. The summed E-state index contributed by atoms with van der Waals surface area (Å²) < 4.78 is 38.3. The van der Waals surface area contributed by atoms with Crippen LogP contribution < -0.4 is 19.9 Å². The molecule has 0 saturated heterocycles. The molecule has 138 valence electrons. The van der Waals surface area contributed by atoms with Crippen molar-refractivity contribution in [2.75, 3.05) is 13.3 Å². The van der Waals surface area contributed by atoms with Gasteiger partial charge < -0.3 is 15.2 Å². The quantitative estimate of drug-likeness (QED) is 0.799. The molecule has 1 amide bonds. The molecule has 0 unspecified atom stereocenters. The predicted octanol–water partition coefficient (Wildman–Crippen LogP) is 1.77. The van der Waals surface area contributed by atoms with Gasteiger partial charge >= 0.3 is 0 Å². The van der Waals surface area contributed by atoms with E-state index in [1.54, 1.807) is 0 Å². The lowest BCUT2D eigenvalue weighted by Crippen LogP contribution is -2.36. The third kappa shape index (κ3) is 3.66. The predicted molar refractivity (Wildman–Crippen MR) is 95.7 cm³/mol. The number of benzene rings is 2. The van der Waals surface area contributed by atoms with Gasteiger partial charge in [-0.05, 0) is 42.0 Å². The van der Waals surface area contributed by atoms with Gasteiger partial charge in [0.2, 0.25) is 22.7 Å². The van der Waals surface area contributed by atoms with Crippen LogP contribution in [0.5, 0.6) is 11.5 Å². The molecule has 1 heterocycles. The average Bonchev–Trinajstić information content (AvgIpc) is 3.08. The largest absolute Gasteiger partial charge is 0.454 e. The lowest BCUT2D eigenvalue weighted by Gasteiger charge is -2.26. The Morgan fingerprint density at radius 3 is 2.42 bits per heavy atom. The Kier molecular flexibility index (Phi) is 4.64. The molecule has 3 N–H and O–H groups in total. The maximum absolute atomic E-state index is 12.5. The van der Waals surface area contributed by atoms with E-state index in [-0.39, 0.29) is 23.8 Å². The molecule has 0 bridgehead atoms. The molecular formula is C18H20N2O5S. The average molecular weight is 376 g/mol. The summed E-state index contributed by atoms with van der Waals surface area (Å²) in [6.45, 7) is 4.24. The van der Waals surface area contributed by atoms with E-state index in [0.717, 1.165) is 5.56 Å². The lowest BCUT2D eigenvalue weighted by molar-refractivity contribution is 0.1000. The Labute approximate surface area is 152 Å². The zero-order valence-corrected chi connectivity index (χ0v) is 15.3. The van der Waals surface area contributed by atoms with Gasteiger partial charge in [-0.15, -0.1) is 0 Å². The summed E-state index contributed by atoms with van der Waals surface area (Å²) in [5, 5.41) is 0. The summed E-state index contributed by atoms with van der Waals surface area (Å²) in [6.07, 6.45) is 0. The summed E-state index contributed by atoms with van der Waals surface area (Å²) in [5.74, 6) is 0.728. The van der Waals surface area contributed by atoms with Crippen LogP contribution in [0.3, 0.4) is 0 Å². The smallest absolute Gasteiger partial charge is 0.248 e. The molecule has 0 atom stereocenters. The highest BCUT2D eigenvalue weighted by atomic mass is 32.2. The zero-order chi connectivity index (χ0) is 18.9. The molecule has 7 nitrogen and oxygen atoms in total. The van der Waals surface area contributed by atoms with E-state index >= 15 is 0 Å². The van der Waals surface area contributed by atoms with Crippen LogP contribution in [0.4, 0.5) is 0 Å². The number of nitrogens with one attached hydrogen (secondary N) is 1. The Balaban J connectivity index is 1.74. The van der Waals surface area contributed by atoms with Crippen molar-refractivity contribution in [2.45, 2.75) is 24.2 Å². The van der Waals surface area contributed by atoms with E-state index in [1.807, 2.05) is 32.0 Å². The maximum atomic E-state index is 12.5. The molecule has 1 aliphatic heterocycles. The van der Waals surface area contributed by atoms with Crippen molar-refractivity contribution >= 4 is 15.9 Å². The fraction of sp³-hybridized carbons (Fsp3) is 0.278. The number of nitrogens with two attached hydrogens (primary N) is 1. The minimum Gasteiger partial charge on any atom is -0.454 e. The standard InChI is InChI=1S/C18H20N2O5S/c1-18(2,13-5-8-15-16(9-13)25-11-24-15)10-20-26(22,23)14-6-3-12(4-7-14)17(19)21/h3-9,20H,10-11H2,1-2H3,(H2,19,21). The van der Waals surface area contributed by atoms with Gasteiger partial charge in [0.05, 0.1) is 4.90 Å². The number of hydrogen-bond acceptors (Lipinski definition) is 5. The minimum atomic E-state index is -3.71. The normalized spacial score (nSPS) is 13.6. The second kappa shape index (κ2) is 6.62. The summed E-state index contributed by atoms with van der Waals surface area (Å²) in [6, 6.07) is 11.1. The number of sulfonamides is 1. The van der Waals surface area contributed by atoms with Gasteiger partial charge in [-0.25, -0.2) is 13.1 Å². The van der Waals surface area contributed by atoms with Gasteiger partial charge in [0.25, 0.3) is 0 Å². The first kappa shape index (κ1) is 18.2. The topological polar surface area (TPSA) is 108 Å². The first-order valence-electron chi connectivity index (χ1n) is 7.99. The van der Waals surface area contributed by atoms with Gasteiger partial charge in [0, 0.05) is 17.5 Å². The van der Waals surface area contributed by atoms with Crippen molar-refractivity contribution in [3.05, 3.63) is 53.6 Å². The molecule has 1 aliphatic rings. The van der Waals surface area contributed by atoms with Crippen molar-refractivity contribution in [1.82, 2.24) is 4.72 Å². The molecule has 2 aromatic carbocycles. The summed E-state index contributed by atoms with van der Waals surface area (Å²) in [4.78, 5) is 11.2. The van der Waals surface area contributed by atoms with Crippen LogP contribution in [0.25, 0.3) is 0 Å². The highest BCUT2D eigenvalue weighted by molar-refractivity contribution is 7.89. The van der Waals surface area contributed by atoms with E-state index in [4.69, 9.17) is 15.2 Å². The van der Waals surface area contributed by atoms with Crippen molar-refractivity contribution in [2.24, 2.45) is 5.73 Å². The zero-order valence-electron chi connectivity index (χ0n) is 14.5. The van der Waals surface area contributed by atoms with Gasteiger partial charge in [-0.1, -0.05) is 19.9 Å². The Morgan fingerprint density at radius 1 is 1.12 bits per heavy atom. The van der Waals surface area contributed by atoms with Crippen LogP contribution >= 0.6 is 0 Å². The third-order valence-corrected chi connectivity index (χ3v) is 5.72. The molecule has 0 spiro atoms.